The van der Waals surface area contributed by atoms with Crippen LogP contribution in [0.3, 0.4) is 0 Å². The molecular formula is C8H16BrO2S+. The Morgan fingerprint density at radius 1 is 1.50 bits per heavy atom. The average molecular weight is 256 g/mol. The van der Waals surface area contributed by atoms with Gasteiger partial charge in [-0.05, 0) is 23.7 Å². The fraction of sp³-hybridized carbons (Fsp3) is 0.875. The largest absolute Gasteiger partial charge is 0.478 e. The predicted molar refractivity (Wildman–Crippen MR) is 58.3 cm³/mol. The lowest BCUT2D eigenvalue weighted by molar-refractivity contribution is -0.133. The van der Waals surface area contributed by atoms with Gasteiger partial charge in [-0.15, -0.1) is 0 Å². The molecular weight excluding hydrogens is 240 g/mol. The van der Waals surface area contributed by atoms with Crippen LogP contribution < -0.4 is 0 Å². The van der Waals surface area contributed by atoms with Crippen LogP contribution in [-0.2, 0) is 15.7 Å². The number of carbonyl (C=O) groups is 1. The molecule has 0 aromatic heterocycles. The molecule has 1 fully saturated rings. The SMILES string of the molecule is CCBr.O=C(O)C[S+]1CCCC1. The van der Waals surface area contributed by atoms with Gasteiger partial charge in [0.25, 0.3) is 0 Å². The lowest BCUT2D eigenvalue weighted by Crippen LogP contribution is -2.16. The van der Waals surface area contributed by atoms with Crippen LogP contribution in [0.5, 0.6) is 0 Å². The predicted octanol–water partition coefficient (Wildman–Crippen LogP) is 1.88. The van der Waals surface area contributed by atoms with Crippen LogP contribution in [0.4, 0.5) is 0 Å². The van der Waals surface area contributed by atoms with Crippen molar-refractivity contribution < 1.29 is 9.90 Å². The van der Waals surface area contributed by atoms with Crippen molar-refractivity contribution in [2.45, 2.75) is 19.8 Å². The topological polar surface area (TPSA) is 37.3 Å². The Hall–Kier alpha value is 0.300. The van der Waals surface area contributed by atoms with Crippen molar-refractivity contribution in [3.63, 3.8) is 0 Å². The highest BCUT2D eigenvalue weighted by molar-refractivity contribution is 9.09. The first kappa shape index (κ1) is 12.3. The van der Waals surface area contributed by atoms with Gasteiger partial charge in [0.2, 0.25) is 5.75 Å². The molecule has 0 spiro atoms. The van der Waals surface area contributed by atoms with E-state index in [1.54, 1.807) is 0 Å². The Labute approximate surface area is 85.2 Å². The summed E-state index contributed by atoms with van der Waals surface area (Å²) in [6, 6.07) is 0. The highest BCUT2D eigenvalue weighted by Crippen LogP contribution is 2.12. The Balaban J connectivity index is 0.000000354. The normalized spacial score (nSPS) is 16.8. The second-order valence-electron chi connectivity index (χ2n) is 2.53. The summed E-state index contributed by atoms with van der Waals surface area (Å²) in [5, 5.41) is 9.44. The van der Waals surface area contributed by atoms with E-state index in [9.17, 15) is 4.79 Å². The maximum absolute atomic E-state index is 10.2. The van der Waals surface area contributed by atoms with Crippen LogP contribution in [0.2, 0.25) is 0 Å². The molecule has 0 unspecified atom stereocenters. The summed E-state index contributed by atoms with van der Waals surface area (Å²) in [7, 11) is 0.243. The standard InChI is InChI=1S/C6H10O2S.C2H5Br/c7-6(8)5-9-3-1-2-4-9;1-2-3/h1-5H2;2H2,1H3/p+1. The van der Waals surface area contributed by atoms with Crippen LogP contribution in [0.1, 0.15) is 19.8 Å². The van der Waals surface area contributed by atoms with Gasteiger partial charge >= 0.3 is 5.97 Å². The highest BCUT2D eigenvalue weighted by atomic mass is 79.9. The number of carboxylic acids is 1. The molecule has 0 atom stereocenters. The summed E-state index contributed by atoms with van der Waals surface area (Å²) in [6.07, 6.45) is 2.49. The van der Waals surface area contributed by atoms with Crippen LogP contribution in [0, 0.1) is 0 Å². The summed E-state index contributed by atoms with van der Waals surface area (Å²) < 4.78 is 0. The molecule has 1 N–H and O–H groups in total. The molecule has 0 bridgehead atoms. The lowest BCUT2D eigenvalue weighted by Gasteiger charge is -1.92. The molecule has 0 radical (unpaired) electrons. The van der Waals surface area contributed by atoms with Gasteiger partial charge in [-0.1, -0.05) is 22.9 Å². The van der Waals surface area contributed by atoms with Crippen molar-refractivity contribution in [2.75, 3.05) is 22.6 Å². The minimum atomic E-state index is -0.625. The Morgan fingerprint density at radius 3 is 2.25 bits per heavy atom. The van der Waals surface area contributed by atoms with E-state index < -0.39 is 5.97 Å². The quantitative estimate of drug-likeness (QED) is 0.605. The number of hydrogen-bond donors (Lipinski definition) is 1. The highest BCUT2D eigenvalue weighted by Gasteiger charge is 2.26. The molecule has 1 aliphatic rings. The van der Waals surface area contributed by atoms with Crippen molar-refractivity contribution in [2.24, 2.45) is 0 Å². The van der Waals surface area contributed by atoms with Gasteiger partial charge in [-0.3, -0.25) is 0 Å². The van der Waals surface area contributed by atoms with Crippen molar-refractivity contribution in [1.82, 2.24) is 0 Å². The van der Waals surface area contributed by atoms with Gasteiger partial charge in [0.05, 0.1) is 0 Å². The Kier molecular flexibility index (Phi) is 8.12. The smallest absolute Gasteiger partial charge is 0.353 e. The summed E-state index contributed by atoms with van der Waals surface area (Å²) in [6.45, 7) is 2.04. The molecule has 12 heavy (non-hydrogen) atoms. The third-order valence-electron chi connectivity index (χ3n) is 1.44. The molecule has 0 amide bonds. The number of aliphatic carboxylic acids is 1. The molecule has 1 rings (SSSR count). The van der Waals surface area contributed by atoms with E-state index in [1.807, 2.05) is 6.92 Å². The minimum Gasteiger partial charge on any atom is -0.478 e. The number of rotatable bonds is 2. The van der Waals surface area contributed by atoms with Crippen molar-refractivity contribution in [3.8, 4) is 0 Å². The summed E-state index contributed by atoms with van der Waals surface area (Å²) in [4.78, 5) is 10.2. The van der Waals surface area contributed by atoms with Gasteiger partial charge < -0.3 is 5.11 Å². The fourth-order valence-corrected chi connectivity index (χ4v) is 3.10. The maximum Gasteiger partial charge on any atom is 0.353 e. The van der Waals surface area contributed by atoms with Gasteiger partial charge in [0.1, 0.15) is 11.5 Å². The molecule has 0 aromatic rings. The van der Waals surface area contributed by atoms with Crippen molar-refractivity contribution in [3.05, 3.63) is 0 Å². The Morgan fingerprint density at radius 2 is 1.92 bits per heavy atom. The zero-order valence-corrected chi connectivity index (χ0v) is 9.79. The van der Waals surface area contributed by atoms with E-state index >= 15 is 0 Å². The summed E-state index contributed by atoms with van der Waals surface area (Å²) >= 11 is 3.15. The summed E-state index contributed by atoms with van der Waals surface area (Å²) in [5.41, 5.74) is 0. The Bertz CT molecular complexity index is 124. The van der Waals surface area contributed by atoms with E-state index in [4.69, 9.17) is 5.11 Å². The molecule has 1 aliphatic heterocycles. The zero-order chi connectivity index (χ0) is 9.40. The fourth-order valence-electron chi connectivity index (χ4n) is 1.03. The molecule has 0 aromatic carbocycles. The van der Waals surface area contributed by atoms with E-state index in [-0.39, 0.29) is 10.9 Å². The van der Waals surface area contributed by atoms with Crippen LogP contribution in [0.25, 0.3) is 0 Å². The van der Waals surface area contributed by atoms with Crippen LogP contribution >= 0.6 is 15.9 Å². The molecule has 4 heteroatoms. The third kappa shape index (κ3) is 6.98. The number of halogens is 1. The second kappa shape index (κ2) is 7.92. The maximum atomic E-state index is 10.2. The third-order valence-corrected chi connectivity index (χ3v) is 3.83. The first-order valence-corrected chi connectivity index (χ1v) is 6.98. The number of hydrogen-bond acceptors (Lipinski definition) is 1. The number of alkyl halides is 1. The van der Waals surface area contributed by atoms with E-state index in [1.165, 1.54) is 12.8 Å². The molecule has 72 valence electrons. The average Bonchev–Trinajstić information content (AvgIpc) is 2.40. The molecule has 0 aliphatic carbocycles. The van der Waals surface area contributed by atoms with Crippen LogP contribution in [-0.4, -0.2) is 33.7 Å². The zero-order valence-electron chi connectivity index (χ0n) is 7.38. The molecule has 2 nitrogen and oxygen atoms in total. The van der Waals surface area contributed by atoms with E-state index in [2.05, 4.69) is 15.9 Å². The number of carboxylic acid groups (broad SMARTS) is 1. The monoisotopic (exact) mass is 255 g/mol. The van der Waals surface area contributed by atoms with Crippen molar-refractivity contribution >= 4 is 32.8 Å². The van der Waals surface area contributed by atoms with Crippen molar-refractivity contribution in [1.29, 1.82) is 0 Å². The van der Waals surface area contributed by atoms with Gasteiger partial charge in [-0.2, -0.15) is 0 Å². The van der Waals surface area contributed by atoms with Crippen LogP contribution in [0.15, 0.2) is 0 Å². The first-order chi connectivity index (χ1) is 5.70. The summed E-state index contributed by atoms with van der Waals surface area (Å²) in [5.74, 6) is 2.11. The molecule has 0 saturated carbocycles. The van der Waals surface area contributed by atoms with Gasteiger partial charge in [0.15, 0.2) is 0 Å². The van der Waals surface area contributed by atoms with E-state index in [0.717, 1.165) is 16.8 Å². The first-order valence-electron chi connectivity index (χ1n) is 4.12. The van der Waals surface area contributed by atoms with E-state index in [0.29, 0.717) is 5.75 Å². The second-order valence-corrected chi connectivity index (χ2v) is 5.98. The van der Waals surface area contributed by atoms with Gasteiger partial charge in [0, 0.05) is 5.33 Å². The molecule has 1 saturated heterocycles. The minimum absolute atomic E-state index is 0.243. The van der Waals surface area contributed by atoms with Gasteiger partial charge in [-0.25, -0.2) is 4.79 Å². The molecule has 1 heterocycles. The lowest BCUT2D eigenvalue weighted by atomic mass is 10.4.